The van der Waals surface area contributed by atoms with E-state index < -0.39 is 0 Å². The molecule has 2 rings (SSSR count). The zero-order valence-corrected chi connectivity index (χ0v) is 13.2. The molecule has 2 aromatic rings. The Morgan fingerprint density at radius 2 is 2.05 bits per heavy atom. The summed E-state index contributed by atoms with van der Waals surface area (Å²) in [6, 6.07) is 7.74. The monoisotopic (exact) mass is 289 g/mol. The number of furan rings is 1. The normalized spacial score (nSPS) is 11.3. The average molecular weight is 289 g/mol. The SMILES string of the molecule is COCCN(CC(C)C)C(=O)c1oc2ccccc2c1C. The minimum absolute atomic E-state index is 0.0607. The standard InChI is InChI=1S/C17H23NO3/c1-12(2)11-18(9-10-20-4)17(19)16-13(3)14-7-5-6-8-15(14)21-16/h5-8,12H,9-11H2,1-4H3. The van der Waals surface area contributed by atoms with Crippen molar-refractivity contribution in [2.75, 3.05) is 26.8 Å². The van der Waals surface area contributed by atoms with Crippen LogP contribution in [0.2, 0.25) is 0 Å². The number of rotatable bonds is 6. The van der Waals surface area contributed by atoms with Gasteiger partial charge in [0, 0.05) is 31.1 Å². The topological polar surface area (TPSA) is 42.7 Å². The second kappa shape index (κ2) is 6.76. The number of methoxy groups -OCH3 is 1. The Balaban J connectivity index is 2.31. The zero-order valence-electron chi connectivity index (χ0n) is 13.2. The van der Waals surface area contributed by atoms with Gasteiger partial charge in [0.15, 0.2) is 5.76 Å². The van der Waals surface area contributed by atoms with E-state index >= 15 is 0 Å². The Labute approximate surface area is 125 Å². The maximum Gasteiger partial charge on any atom is 0.289 e. The summed E-state index contributed by atoms with van der Waals surface area (Å²) in [4.78, 5) is 14.6. The van der Waals surface area contributed by atoms with Gasteiger partial charge in [0.1, 0.15) is 5.58 Å². The number of nitrogens with zero attached hydrogens (tertiary/aromatic N) is 1. The Morgan fingerprint density at radius 1 is 1.33 bits per heavy atom. The van der Waals surface area contributed by atoms with Gasteiger partial charge in [-0.25, -0.2) is 0 Å². The summed E-state index contributed by atoms with van der Waals surface area (Å²) >= 11 is 0. The van der Waals surface area contributed by atoms with Crippen LogP contribution >= 0.6 is 0 Å². The van der Waals surface area contributed by atoms with Crippen LogP contribution in [0.15, 0.2) is 28.7 Å². The van der Waals surface area contributed by atoms with E-state index in [1.165, 1.54) is 0 Å². The largest absolute Gasteiger partial charge is 0.451 e. The molecular formula is C17H23NO3. The summed E-state index contributed by atoms with van der Waals surface area (Å²) in [5.74, 6) is 0.776. The van der Waals surface area contributed by atoms with Crippen LogP contribution in [-0.2, 0) is 4.74 Å². The van der Waals surface area contributed by atoms with Crippen molar-refractivity contribution in [2.45, 2.75) is 20.8 Å². The van der Waals surface area contributed by atoms with Crippen molar-refractivity contribution in [3.8, 4) is 0 Å². The number of carbonyl (C=O) groups is 1. The summed E-state index contributed by atoms with van der Waals surface area (Å²) in [5, 5.41) is 0.997. The van der Waals surface area contributed by atoms with Crippen molar-refractivity contribution < 1.29 is 13.9 Å². The van der Waals surface area contributed by atoms with Gasteiger partial charge < -0.3 is 14.1 Å². The van der Waals surface area contributed by atoms with E-state index in [2.05, 4.69) is 13.8 Å². The zero-order chi connectivity index (χ0) is 15.4. The highest BCUT2D eigenvalue weighted by molar-refractivity contribution is 5.98. The summed E-state index contributed by atoms with van der Waals surface area (Å²) in [6.07, 6.45) is 0. The van der Waals surface area contributed by atoms with Crippen LogP contribution in [0.1, 0.15) is 30.0 Å². The average Bonchev–Trinajstić information content (AvgIpc) is 2.80. The third kappa shape index (κ3) is 3.45. The maximum atomic E-state index is 12.8. The minimum Gasteiger partial charge on any atom is -0.451 e. The Bertz CT molecular complexity index is 616. The fourth-order valence-electron chi connectivity index (χ4n) is 2.44. The predicted octanol–water partition coefficient (Wildman–Crippen LogP) is 3.49. The van der Waals surface area contributed by atoms with Gasteiger partial charge in [-0.1, -0.05) is 32.0 Å². The molecule has 0 aliphatic heterocycles. The van der Waals surface area contributed by atoms with Crippen molar-refractivity contribution >= 4 is 16.9 Å². The number of amides is 1. The summed E-state index contributed by atoms with van der Waals surface area (Å²) in [6.45, 7) is 7.92. The van der Waals surface area contributed by atoms with Gasteiger partial charge in [0.2, 0.25) is 0 Å². The van der Waals surface area contributed by atoms with E-state index in [9.17, 15) is 4.79 Å². The molecule has 0 aliphatic rings. The molecule has 1 aromatic carbocycles. The summed E-state index contributed by atoms with van der Waals surface area (Å²) in [5.41, 5.74) is 1.66. The van der Waals surface area contributed by atoms with Gasteiger partial charge in [-0.3, -0.25) is 4.79 Å². The second-order valence-corrected chi connectivity index (χ2v) is 5.69. The Morgan fingerprint density at radius 3 is 2.67 bits per heavy atom. The first-order valence-corrected chi connectivity index (χ1v) is 7.31. The molecule has 4 heteroatoms. The molecule has 0 saturated heterocycles. The van der Waals surface area contributed by atoms with Crippen LogP contribution in [0.4, 0.5) is 0 Å². The Kier molecular flexibility index (Phi) is 5.02. The molecule has 114 valence electrons. The molecule has 1 aromatic heterocycles. The van der Waals surface area contributed by atoms with E-state index in [-0.39, 0.29) is 5.91 Å². The van der Waals surface area contributed by atoms with Crippen molar-refractivity contribution in [1.29, 1.82) is 0 Å². The van der Waals surface area contributed by atoms with Gasteiger partial charge in [-0.05, 0) is 18.9 Å². The highest BCUT2D eigenvalue weighted by atomic mass is 16.5. The molecule has 0 radical (unpaired) electrons. The van der Waals surface area contributed by atoms with Crippen molar-refractivity contribution in [1.82, 2.24) is 4.90 Å². The summed E-state index contributed by atoms with van der Waals surface area (Å²) in [7, 11) is 1.64. The molecule has 0 spiro atoms. The van der Waals surface area contributed by atoms with Gasteiger partial charge in [-0.2, -0.15) is 0 Å². The number of carbonyl (C=O) groups excluding carboxylic acids is 1. The molecule has 0 fully saturated rings. The highest BCUT2D eigenvalue weighted by Crippen LogP contribution is 2.26. The quantitative estimate of drug-likeness (QED) is 0.817. The minimum atomic E-state index is -0.0607. The van der Waals surface area contributed by atoms with E-state index in [4.69, 9.17) is 9.15 Å². The molecule has 0 bridgehead atoms. The number of para-hydroxylation sites is 1. The lowest BCUT2D eigenvalue weighted by Crippen LogP contribution is -2.36. The third-order valence-corrected chi connectivity index (χ3v) is 3.48. The molecule has 0 aliphatic carbocycles. The molecule has 0 saturated carbocycles. The first-order valence-electron chi connectivity index (χ1n) is 7.31. The fourth-order valence-corrected chi connectivity index (χ4v) is 2.44. The fraction of sp³-hybridized carbons (Fsp3) is 0.471. The van der Waals surface area contributed by atoms with Crippen molar-refractivity contribution in [3.63, 3.8) is 0 Å². The van der Waals surface area contributed by atoms with Crippen molar-refractivity contribution in [3.05, 3.63) is 35.6 Å². The third-order valence-electron chi connectivity index (χ3n) is 3.48. The van der Waals surface area contributed by atoms with Crippen LogP contribution < -0.4 is 0 Å². The Hall–Kier alpha value is -1.81. The number of ether oxygens (including phenoxy) is 1. The predicted molar refractivity (Wildman–Crippen MR) is 83.6 cm³/mol. The van der Waals surface area contributed by atoms with Gasteiger partial charge in [0.05, 0.1) is 6.61 Å². The van der Waals surface area contributed by atoms with E-state index in [0.717, 1.165) is 16.5 Å². The molecular weight excluding hydrogens is 266 g/mol. The number of aryl methyl sites for hydroxylation is 1. The first kappa shape index (κ1) is 15.6. The van der Waals surface area contributed by atoms with E-state index in [1.807, 2.05) is 31.2 Å². The number of hydrogen-bond acceptors (Lipinski definition) is 3. The van der Waals surface area contributed by atoms with E-state index in [1.54, 1.807) is 12.0 Å². The van der Waals surface area contributed by atoms with Gasteiger partial charge in [0.25, 0.3) is 5.91 Å². The molecule has 4 nitrogen and oxygen atoms in total. The molecule has 21 heavy (non-hydrogen) atoms. The van der Waals surface area contributed by atoms with Crippen LogP contribution in [-0.4, -0.2) is 37.6 Å². The van der Waals surface area contributed by atoms with Crippen molar-refractivity contribution in [2.24, 2.45) is 5.92 Å². The molecule has 1 heterocycles. The van der Waals surface area contributed by atoms with E-state index in [0.29, 0.717) is 31.4 Å². The van der Waals surface area contributed by atoms with Gasteiger partial charge in [-0.15, -0.1) is 0 Å². The molecule has 0 N–H and O–H groups in total. The molecule has 1 amide bonds. The maximum absolute atomic E-state index is 12.8. The second-order valence-electron chi connectivity index (χ2n) is 5.69. The lowest BCUT2D eigenvalue weighted by molar-refractivity contribution is 0.0643. The number of fused-ring (bicyclic) bond motifs is 1. The van der Waals surface area contributed by atoms with Crippen LogP contribution in [0.5, 0.6) is 0 Å². The molecule has 0 atom stereocenters. The van der Waals surface area contributed by atoms with Crippen LogP contribution in [0, 0.1) is 12.8 Å². The van der Waals surface area contributed by atoms with Crippen LogP contribution in [0.3, 0.4) is 0 Å². The first-order chi connectivity index (χ1) is 10.0. The summed E-state index contributed by atoms with van der Waals surface area (Å²) < 4.78 is 10.9. The van der Waals surface area contributed by atoms with Crippen LogP contribution in [0.25, 0.3) is 11.0 Å². The van der Waals surface area contributed by atoms with Gasteiger partial charge >= 0.3 is 0 Å². The smallest absolute Gasteiger partial charge is 0.289 e. The number of benzene rings is 1. The molecule has 0 unspecified atom stereocenters. The highest BCUT2D eigenvalue weighted by Gasteiger charge is 2.23. The lowest BCUT2D eigenvalue weighted by Gasteiger charge is -2.23. The number of hydrogen-bond donors (Lipinski definition) is 0. The lowest BCUT2D eigenvalue weighted by atomic mass is 10.1.